The Morgan fingerprint density at radius 1 is 0.938 bits per heavy atom. The minimum absolute atomic E-state index is 0.0338. The summed E-state index contributed by atoms with van der Waals surface area (Å²) in [7, 11) is 0. The molecular weight excluding hydrogens is 429 g/mol. The predicted molar refractivity (Wildman–Crippen MR) is 121 cm³/mol. The van der Waals surface area contributed by atoms with Crippen LogP contribution in [0.2, 0.25) is 0 Å². The summed E-state index contributed by atoms with van der Waals surface area (Å²) in [5.74, 6) is -1.20. The summed E-state index contributed by atoms with van der Waals surface area (Å²) in [4.78, 5) is 43.0. The molecule has 1 aromatic heterocycles. The zero-order valence-corrected chi connectivity index (χ0v) is 18.8. The predicted octanol–water partition coefficient (Wildman–Crippen LogP) is 3.55. The lowest BCUT2D eigenvalue weighted by molar-refractivity contribution is -0.136. The Hall–Kier alpha value is -2.74. The molecule has 3 amide bonds. The van der Waals surface area contributed by atoms with Crippen molar-refractivity contribution >= 4 is 29.1 Å². The fourth-order valence-corrected chi connectivity index (χ4v) is 5.18. The van der Waals surface area contributed by atoms with E-state index in [-0.39, 0.29) is 29.2 Å². The molecule has 8 heteroatoms. The van der Waals surface area contributed by atoms with Crippen molar-refractivity contribution < 1.29 is 18.8 Å². The third-order valence-corrected chi connectivity index (χ3v) is 7.24. The summed E-state index contributed by atoms with van der Waals surface area (Å²) in [6.45, 7) is 2.29. The maximum atomic E-state index is 14.0. The van der Waals surface area contributed by atoms with E-state index in [1.54, 1.807) is 23.1 Å². The van der Waals surface area contributed by atoms with Gasteiger partial charge in [0.15, 0.2) is 0 Å². The number of nitrogens with zero attached hydrogens (tertiary/aromatic N) is 2. The van der Waals surface area contributed by atoms with Crippen molar-refractivity contribution in [2.45, 2.75) is 38.1 Å². The number of piperidine rings is 2. The Kier molecular flexibility index (Phi) is 7.19. The van der Waals surface area contributed by atoms with Crippen molar-refractivity contribution in [2.75, 3.05) is 26.2 Å². The third-order valence-electron chi connectivity index (χ3n) is 6.37. The highest BCUT2D eigenvalue weighted by Gasteiger charge is 2.37. The van der Waals surface area contributed by atoms with Crippen LogP contribution < -0.4 is 5.32 Å². The van der Waals surface area contributed by atoms with Crippen molar-refractivity contribution in [2.24, 2.45) is 5.92 Å². The number of rotatable bonds is 5. The average molecular weight is 458 g/mol. The van der Waals surface area contributed by atoms with Gasteiger partial charge in [0.2, 0.25) is 5.91 Å². The topological polar surface area (TPSA) is 69.7 Å². The van der Waals surface area contributed by atoms with Gasteiger partial charge in [0.05, 0.1) is 10.4 Å². The first kappa shape index (κ1) is 22.5. The second-order valence-electron chi connectivity index (χ2n) is 8.42. The first-order valence-electron chi connectivity index (χ1n) is 11.2. The molecule has 2 saturated heterocycles. The van der Waals surface area contributed by atoms with Crippen LogP contribution in [0.15, 0.2) is 41.8 Å². The molecular formula is C24H28FN3O3S. The smallest absolute Gasteiger partial charge is 0.262 e. The van der Waals surface area contributed by atoms with Crippen LogP contribution in [0.1, 0.15) is 52.1 Å². The van der Waals surface area contributed by atoms with E-state index in [0.717, 1.165) is 32.4 Å². The number of nitrogens with one attached hydrogen (secondary N) is 1. The van der Waals surface area contributed by atoms with E-state index in [4.69, 9.17) is 0 Å². The first-order chi connectivity index (χ1) is 15.5. The van der Waals surface area contributed by atoms with E-state index in [0.29, 0.717) is 30.8 Å². The second-order valence-corrected chi connectivity index (χ2v) is 9.37. The number of likely N-dealkylation sites (tertiary alicyclic amines) is 2. The van der Waals surface area contributed by atoms with Gasteiger partial charge in [0.1, 0.15) is 11.9 Å². The molecule has 2 fully saturated rings. The number of halogens is 1. The number of hydrogen-bond donors (Lipinski definition) is 1. The third kappa shape index (κ3) is 5.01. The van der Waals surface area contributed by atoms with Gasteiger partial charge in [-0.15, -0.1) is 11.3 Å². The largest absolute Gasteiger partial charge is 0.341 e. The number of thiophene rings is 1. The Morgan fingerprint density at radius 3 is 2.31 bits per heavy atom. The Labute approximate surface area is 191 Å². The molecule has 4 rings (SSSR count). The van der Waals surface area contributed by atoms with Crippen LogP contribution in [-0.4, -0.2) is 59.7 Å². The normalized spacial score (nSPS) is 18.3. The minimum Gasteiger partial charge on any atom is -0.341 e. The number of hydrogen-bond acceptors (Lipinski definition) is 4. The minimum atomic E-state index is -0.617. The summed E-state index contributed by atoms with van der Waals surface area (Å²) < 4.78 is 14.0. The Bertz CT molecular complexity index is 951. The van der Waals surface area contributed by atoms with Crippen molar-refractivity contribution in [1.82, 2.24) is 15.1 Å². The van der Waals surface area contributed by atoms with Gasteiger partial charge in [-0.2, -0.15) is 0 Å². The standard InChI is InChI=1S/C24H28FN3O3S/c25-19-8-3-2-7-18(19)23(30)28-14-10-17(11-15-28)21(24(31)27-12-4-1-5-13-27)26-22(29)20-9-6-16-32-20/h2-3,6-9,16-17,21H,1,4-5,10-15H2,(H,26,29)/t21-/m0/s1. The molecule has 1 N–H and O–H groups in total. The summed E-state index contributed by atoms with van der Waals surface area (Å²) in [5.41, 5.74) is 0.0675. The van der Waals surface area contributed by atoms with Crippen molar-refractivity contribution in [1.29, 1.82) is 0 Å². The summed E-state index contributed by atoms with van der Waals surface area (Å²) in [6, 6.07) is 8.93. The van der Waals surface area contributed by atoms with Crippen LogP contribution in [0.5, 0.6) is 0 Å². The lowest BCUT2D eigenvalue weighted by atomic mass is 9.87. The van der Waals surface area contributed by atoms with Crippen LogP contribution in [0.3, 0.4) is 0 Å². The zero-order valence-electron chi connectivity index (χ0n) is 18.0. The molecule has 0 bridgehead atoms. The molecule has 1 atom stereocenters. The van der Waals surface area contributed by atoms with Crippen LogP contribution >= 0.6 is 11.3 Å². The van der Waals surface area contributed by atoms with Gasteiger partial charge in [0, 0.05) is 26.2 Å². The fourth-order valence-electron chi connectivity index (χ4n) is 4.55. The number of carbonyl (C=O) groups excluding carboxylic acids is 3. The second kappa shape index (κ2) is 10.3. The molecule has 2 aliphatic rings. The van der Waals surface area contributed by atoms with Crippen LogP contribution in [0.25, 0.3) is 0 Å². The Morgan fingerprint density at radius 2 is 1.66 bits per heavy atom. The van der Waals surface area contributed by atoms with Gasteiger partial charge in [-0.05, 0) is 61.6 Å². The molecule has 0 spiro atoms. The Balaban J connectivity index is 1.45. The molecule has 1 aromatic carbocycles. The van der Waals surface area contributed by atoms with Gasteiger partial charge in [-0.1, -0.05) is 18.2 Å². The quantitative estimate of drug-likeness (QED) is 0.747. The molecule has 2 aliphatic heterocycles. The van der Waals surface area contributed by atoms with E-state index < -0.39 is 11.9 Å². The molecule has 0 aliphatic carbocycles. The van der Waals surface area contributed by atoms with Crippen LogP contribution in [0, 0.1) is 11.7 Å². The average Bonchev–Trinajstić information content (AvgIpc) is 3.38. The van der Waals surface area contributed by atoms with E-state index in [9.17, 15) is 18.8 Å². The zero-order chi connectivity index (χ0) is 22.5. The maximum absolute atomic E-state index is 14.0. The monoisotopic (exact) mass is 457 g/mol. The van der Waals surface area contributed by atoms with E-state index >= 15 is 0 Å². The molecule has 0 radical (unpaired) electrons. The van der Waals surface area contributed by atoms with E-state index in [2.05, 4.69) is 5.32 Å². The lowest BCUT2D eigenvalue weighted by Crippen LogP contribution is -2.55. The van der Waals surface area contributed by atoms with Crippen molar-refractivity contribution in [3.63, 3.8) is 0 Å². The molecule has 32 heavy (non-hydrogen) atoms. The van der Waals surface area contributed by atoms with Crippen LogP contribution in [0.4, 0.5) is 4.39 Å². The molecule has 2 aromatic rings. The summed E-state index contributed by atoms with van der Waals surface area (Å²) >= 11 is 1.34. The van der Waals surface area contributed by atoms with Crippen LogP contribution in [-0.2, 0) is 4.79 Å². The molecule has 3 heterocycles. The van der Waals surface area contributed by atoms with E-state index in [1.807, 2.05) is 16.3 Å². The number of carbonyl (C=O) groups is 3. The highest BCUT2D eigenvalue weighted by atomic mass is 32.1. The molecule has 0 unspecified atom stereocenters. The van der Waals surface area contributed by atoms with Gasteiger partial charge in [-0.3, -0.25) is 14.4 Å². The first-order valence-corrected chi connectivity index (χ1v) is 12.1. The highest BCUT2D eigenvalue weighted by molar-refractivity contribution is 7.12. The lowest BCUT2D eigenvalue weighted by Gasteiger charge is -2.38. The number of amides is 3. The van der Waals surface area contributed by atoms with Gasteiger partial charge >= 0.3 is 0 Å². The van der Waals surface area contributed by atoms with Gasteiger partial charge < -0.3 is 15.1 Å². The molecule has 6 nitrogen and oxygen atoms in total. The summed E-state index contributed by atoms with van der Waals surface area (Å²) in [6.07, 6.45) is 4.23. The van der Waals surface area contributed by atoms with Gasteiger partial charge in [-0.25, -0.2) is 4.39 Å². The summed E-state index contributed by atoms with van der Waals surface area (Å²) in [5, 5.41) is 4.82. The number of benzene rings is 1. The SMILES string of the molecule is O=C(N[C@H](C(=O)N1CCCCC1)C1CCN(C(=O)c2ccccc2F)CC1)c1cccs1. The van der Waals surface area contributed by atoms with E-state index in [1.165, 1.54) is 23.5 Å². The van der Waals surface area contributed by atoms with Crippen molar-refractivity contribution in [3.05, 3.63) is 58.0 Å². The van der Waals surface area contributed by atoms with Crippen molar-refractivity contribution in [3.8, 4) is 0 Å². The fraction of sp³-hybridized carbons (Fsp3) is 0.458. The highest BCUT2D eigenvalue weighted by Crippen LogP contribution is 2.25. The van der Waals surface area contributed by atoms with Gasteiger partial charge in [0.25, 0.3) is 11.8 Å². The molecule has 170 valence electrons. The molecule has 0 saturated carbocycles. The maximum Gasteiger partial charge on any atom is 0.262 e.